The first-order chi connectivity index (χ1) is 7.24. The van der Waals surface area contributed by atoms with Gasteiger partial charge in [-0.3, -0.25) is 0 Å². The van der Waals surface area contributed by atoms with Crippen LogP contribution in [0, 0.1) is 22.6 Å². The Morgan fingerprint density at radius 1 is 1.27 bits per heavy atom. The lowest BCUT2D eigenvalue weighted by Gasteiger charge is -2.35. The van der Waals surface area contributed by atoms with Gasteiger partial charge in [-0.25, -0.2) is 4.39 Å². The molecular formula is C13H14FN. The van der Waals surface area contributed by atoms with Gasteiger partial charge in [0.1, 0.15) is 5.82 Å². The number of hydrogen-bond donors (Lipinski definition) is 0. The molecule has 0 aromatic heterocycles. The standard InChI is InChI=1S/C13H14FN/c14-12-4-2-11(3-5-12)6-9-13(10-15)7-1-8-13/h2-5H,1,6-9H2. The molecule has 0 heterocycles. The van der Waals surface area contributed by atoms with Gasteiger partial charge < -0.3 is 0 Å². The second kappa shape index (κ2) is 4.02. The van der Waals surface area contributed by atoms with Crippen LogP contribution in [-0.2, 0) is 6.42 Å². The van der Waals surface area contributed by atoms with E-state index in [-0.39, 0.29) is 11.2 Å². The Morgan fingerprint density at radius 3 is 2.40 bits per heavy atom. The summed E-state index contributed by atoms with van der Waals surface area (Å²) < 4.78 is 12.7. The summed E-state index contributed by atoms with van der Waals surface area (Å²) in [7, 11) is 0. The smallest absolute Gasteiger partial charge is 0.123 e. The molecule has 1 aliphatic rings. The molecule has 1 saturated carbocycles. The summed E-state index contributed by atoms with van der Waals surface area (Å²) in [5, 5.41) is 9.05. The molecule has 1 aromatic rings. The number of hydrogen-bond acceptors (Lipinski definition) is 1. The van der Waals surface area contributed by atoms with Gasteiger partial charge in [-0.1, -0.05) is 18.6 Å². The fourth-order valence-electron chi connectivity index (χ4n) is 2.06. The van der Waals surface area contributed by atoms with Crippen molar-refractivity contribution in [3.05, 3.63) is 35.6 Å². The second-order valence-corrected chi connectivity index (χ2v) is 4.37. The Hall–Kier alpha value is -1.36. The second-order valence-electron chi connectivity index (χ2n) is 4.37. The summed E-state index contributed by atoms with van der Waals surface area (Å²) in [5.41, 5.74) is 1.05. The van der Waals surface area contributed by atoms with Gasteiger partial charge in [-0.15, -0.1) is 0 Å². The minimum atomic E-state index is -0.197. The molecule has 0 spiro atoms. The van der Waals surface area contributed by atoms with Crippen LogP contribution in [0.3, 0.4) is 0 Å². The first-order valence-electron chi connectivity index (χ1n) is 5.40. The van der Waals surface area contributed by atoms with Crippen LogP contribution in [0.5, 0.6) is 0 Å². The zero-order valence-electron chi connectivity index (χ0n) is 8.67. The van der Waals surface area contributed by atoms with Gasteiger partial charge in [0.05, 0.1) is 11.5 Å². The average molecular weight is 203 g/mol. The number of nitrogens with zero attached hydrogens (tertiary/aromatic N) is 1. The summed E-state index contributed by atoms with van der Waals surface area (Å²) in [5.74, 6) is -0.197. The maximum absolute atomic E-state index is 12.7. The molecule has 1 fully saturated rings. The lowest BCUT2D eigenvalue weighted by molar-refractivity contribution is 0.198. The van der Waals surface area contributed by atoms with Gasteiger partial charge in [-0.2, -0.15) is 5.26 Å². The van der Waals surface area contributed by atoms with Crippen molar-refractivity contribution < 1.29 is 4.39 Å². The molecular weight excluding hydrogens is 189 g/mol. The quantitative estimate of drug-likeness (QED) is 0.738. The minimum absolute atomic E-state index is 0.0750. The monoisotopic (exact) mass is 203 g/mol. The largest absolute Gasteiger partial charge is 0.207 e. The Kier molecular flexibility index (Phi) is 2.73. The van der Waals surface area contributed by atoms with E-state index in [0.717, 1.165) is 31.2 Å². The number of aryl methyl sites for hydroxylation is 1. The van der Waals surface area contributed by atoms with Crippen LogP contribution >= 0.6 is 0 Å². The van der Waals surface area contributed by atoms with Crippen molar-refractivity contribution in [2.45, 2.75) is 32.1 Å². The number of halogens is 1. The molecule has 2 heteroatoms. The summed E-state index contributed by atoms with van der Waals surface area (Å²) in [6.07, 6.45) is 5.04. The van der Waals surface area contributed by atoms with Crippen molar-refractivity contribution in [3.63, 3.8) is 0 Å². The Labute approximate surface area is 89.5 Å². The third-order valence-corrected chi connectivity index (χ3v) is 3.35. The molecule has 0 N–H and O–H groups in total. The minimum Gasteiger partial charge on any atom is -0.207 e. The molecule has 0 aliphatic heterocycles. The van der Waals surface area contributed by atoms with E-state index < -0.39 is 0 Å². The SMILES string of the molecule is N#CC1(CCc2ccc(F)cc2)CCC1. The van der Waals surface area contributed by atoms with Crippen LogP contribution in [0.15, 0.2) is 24.3 Å². The van der Waals surface area contributed by atoms with Crippen molar-refractivity contribution in [2.75, 3.05) is 0 Å². The van der Waals surface area contributed by atoms with Gasteiger partial charge >= 0.3 is 0 Å². The van der Waals surface area contributed by atoms with Crippen LogP contribution in [-0.4, -0.2) is 0 Å². The molecule has 1 nitrogen and oxygen atoms in total. The zero-order chi connectivity index (χ0) is 10.7. The Bertz CT molecular complexity index is 371. The third-order valence-electron chi connectivity index (χ3n) is 3.35. The zero-order valence-corrected chi connectivity index (χ0v) is 8.67. The van der Waals surface area contributed by atoms with Crippen LogP contribution in [0.1, 0.15) is 31.2 Å². The Balaban J connectivity index is 1.93. The topological polar surface area (TPSA) is 23.8 Å². The van der Waals surface area contributed by atoms with E-state index in [9.17, 15) is 4.39 Å². The molecule has 1 aromatic carbocycles. The van der Waals surface area contributed by atoms with Gasteiger partial charge in [0.25, 0.3) is 0 Å². The van der Waals surface area contributed by atoms with E-state index in [2.05, 4.69) is 6.07 Å². The normalized spacial score (nSPS) is 17.9. The van der Waals surface area contributed by atoms with E-state index in [1.165, 1.54) is 18.6 Å². The van der Waals surface area contributed by atoms with Gasteiger partial charge in [0, 0.05) is 0 Å². The maximum Gasteiger partial charge on any atom is 0.123 e. The maximum atomic E-state index is 12.7. The van der Waals surface area contributed by atoms with Crippen molar-refractivity contribution in [3.8, 4) is 6.07 Å². The van der Waals surface area contributed by atoms with Crippen molar-refractivity contribution >= 4 is 0 Å². The predicted molar refractivity (Wildman–Crippen MR) is 56.6 cm³/mol. The Morgan fingerprint density at radius 2 is 1.93 bits per heavy atom. The van der Waals surface area contributed by atoms with E-state index in [4.69, 9.17) is 5.26 Å². The molecule has 0 saturated heterocycles. The number of benzene rings is 1. The predicted octanol–water partition coefficient (Wildman–Crippen LogP) is 3.45. The average Bonchev–Trinajstić information content (AvgIpc) is 2.20. The highest BCUT2D eigenvalue weighted by molar-refractivity contribution is 5.17. The van der Waals surface area contributed by atoms with Gasteiger partial charge in [0.2, 0.25) is 0 Å². The lowest BCUT2D eigenvalue weighted by atomic mass is 9.67. The van der Waals surface area contributed by atoms with Crippen LogP contribution in [0.2, 0.25) is 0 Å². The summed E-state index contributed by atoms with van der Waals surface area (Å²) >= 11 is 0. The molecule has 0 unspecified atom stereocenters. The van der Waals surface area contributed by atoms with Crippen LogP contribution < -0.4 is 0 Å². The summed E-state index contributed by atoms with van der Waals surface area (Å²) in [6.45, 7) is 0. The molecule has 0 radical (unpaired) electrons. The van der Waals surface area contributed by atoms with Crippen LogP contribution in [0.25, 0.3) is 0 Å². The highest BCUT2D eigenvalue weighted by Gasteiger charge is 2.36. The summed E-state index contributed by atoms with van der Waals surface area (Å²) in [4.78, 5) is 0. The molecule has 78 valence electrons. The van der Waals surface area contributed by atoms with E-state index in [1.807, 2.05) is 0 Å². The van der Waals surface area contributed by atoms with Crippen LogP contribution in [0.4, 0.5) is 4.39 Å². The molecule has 15 heavy (non-hydrogen) atoms. The highest BCUT2D eigenvalue weighted by atomic mass is 19.1. The molecule has 0 amide bonds. The number of nitriles is 1. The van der Waals surface area contributed by atoms with E-state index in [0.29, 0.717) is 0 Å². The first-order valence-corrected chi connectivity index (χ1v) is 5.40. The first kappa shape index (κ1) is 10.2. The molecule has 2 rings (SSSR count). The van der Waals surface area contributed by atoms with Crippen molar-refractivity contribution in [1.29, 1.82) is 5.26 Å². The third kappa shape index (κ3) is 2.18. The van der Waals surface area contributed by atoms with E-state index >= 15 is 0 Å². The molecule has 1 aliphatic carbocycles. The fraction of sp³-hybridized carbons (Fsp3) is 0.462. The van der Waals surface area contributed by atoms with Crippen molar-refractivity contribution in [2.24, 2.45) is 5.41 Å². The number of rotatable bonds is 3. The van der Waals surface area contributed by atoms with Gasteiger partial charge in [-0.05, 0) is 43.4 Å². The fourth-order valence-corrected chi connectivity index (χ4v) is 2.06. The molecule has 0 atom stereocenters. The molecule has 0 bridgehead atoms. The van der Waals surface area contributed by atoms with Gasteiger partial charge in [0.15, 0.2) is 0 Å². The summed E-state index contributed by atoms with van der Waals surface area (Å²) in [6, 6.07) is 8.99. The lowest BCUT2D eigenvalue weighted by Crippen LogP contribution is -2.27. The highest BCUT2D eigenvalue weighted by Crippen LogP contribution is 2.43. The van der Waals surface area contributed by atoms with Crippen molar-refractivity contribution in [1.82, 2.24) is 0 Å². The van der Waals surface area contributed by atoms with E-state index in [1.54, 1.807) is 12.1 Å².